The Morgan fingerprint density at radius 1 is 1.00 bits per heavy atom. The van der Waals surface area contributed by atoms with Gasteiger partial charge >= 0.3 is 0 Å². The van der Waals surface area contributed by atoms with E-state index in [4.69, 9.17) is 0 Å². The molecule has 1 aliphatic rings. The smallest absolute Gasteiger partial charge is 0.223 e. The number of nitrogens with zero attached hydrogens (tertiary/aromatic N) is 6. The maximum absolute atomic E-state index is 15.2. The standard InChI is InChI=1S/C27H28F2N6/c1-5-26(3)20-17-19(28)18-21(29)24(20)22-11-8-10-15-35(22)27(26,6-2)13-16-34-14-9-7-12-23(34)25-30-31-32-33(25)4/h7-18H,5-6H2,1-4H3/q+2. The second-order valence-electron chi connectivity index (χ2n) is 9.16. The minimum absolute atomic E-state index is 0.465. The third kappa shape index (κ3) is 3.31. The summed E-state index contributed by atoms with van der Waals surface area (Å²) in [5.74, 6) is -0.471. The Labute approximate surface area is 203 Å². The molecule has 1 aromatic carbocycles. The lowest BCUT2D eigenvalue weighted by atomic mass is 9.59. The van der Waals surface area contributed by atoms with Crippen LogP contribution in [0.5, 0.6) is 0 Å². The van der Waals surface area contributed by atoms with E-state index < -0.39 is 22.6 Å². The van der Waals surface area contributed by atoms with Crippen LogP contribution in [0, 0.1) is 11.6 Å². The highest BCUT2D eigenvalue weighted by Gasteiger charge is 2.59. The lowest BCUT2D eigenvalue weighted by molar-refractivity contribution is -0.756. The molecule has 0 fully saturated rings. The van der Waals surface area contributed by atoms with Crippen LogP contribution >= 0.6 is 0 Å². The summed E-state index contributed by atoms with van der Waals surface area (Å²) in [6, 6.07) is 14.1. The first kappa shape index (κ1) is 23.0. The highest BCUT2D eigenvalue weighted by atomic mass is 19.1. The molecule has 0 aliphatic carbocycles. The van der Waals surface area contributed by atoms with E-state index in [1.165, 1.54) is 6.07 Å². The Balaban J connectivity index is 1.77. The molecular weight excluding hydrogens is 446 g/mol. The molecule has 0 radical (unpaired) electrons. The van der Waals surface area contributed by atoms with Gasteiger partial charge in [-0.15, -0.1) is 5.10 Å². The summed E-state index contributed by atoms with van der Waals surface area (Å²) in [4.78, 5) is 0. The molecule has 4 heterocycles. The minimum atomic E-state index is -0.593. The van der Waals surface area contributed by atoms with Crippen molar-refractivity contribution in [2.24, 2.45) is 7.05 Å². The number of hydrogen-bond donors (Lipinski definition) is 0. The van der Waals surface area contributed by atoms with E-state index in [1.807, 2.05) is 59.6 Å². The molecule has 0 saturated carbocycles. The van der Waals surface area contributed by atoms with Gasteiger partial charge in [-0.25, -0.2) is 13.5 Å². The Hall–Kier alpha value is -3.81. The van der Waals surface area contributed by atoms with E-state index in [1.54, 1.807) is 11.7 Å². The molecule has 0 spiro atoms. The zero-order chi connectivity index (χ0) is 24.8. The molecule has 0 bridgehead atoms. The molecule has 0 saturated heterocycles. The normalized spacial score (nSPS) is 21.2. The summed E-state index contributed by atoms with van der Waals surface area (Å²) in [7, 11) is 1.80. The van der Waals surface area contributed by atoms with Gasteiger partial charge in [0.05, 0.1) is 17.1 Å². The van der Waals surface area contributed by atoms with Crippen molar-refractivity contribution in [2.45, 2.75) is 44.6 Å². The third-order valence-electron chi connectivity index (χ3n) is 7.65. The lowest BCUT2D eigenvalue weighted by Gasteiger charge is -2.46. The lowest BCUT2D eigenvalue weighted by Crippen LogP contribution is -2.68. The Morgan fingerprint density at radius 2 is 1.74 bits per heavy atom. The van der Waals surface area contributed by atoms with Gasteiger partial charge in [0.2, 0.25) is 17.1 Å². The number of hydrogen-bond acceptors (Lipinski definition) is 3. The zero-order valence-electron chi connectivity index (χ0n) is 20.3. The fraction of sp³-hybridized carbons (Fsp3) is 0.296. The van der Waals surface area contributed by atoms with Gasteiger partial charge < -0.3 is 0 Å². The summed E-state index contributed by atoms with van der Waals surface area (Å²) in [6.45, 7) is 6.29. The number of pyridine rings is 2. The fourth-order valence-corrected chi connectivity index (χ4v) is 5.63. The largest absolute Gasteiger partial charge is 0.257 e. The molecule has 178 valence electrons. The molecule has 6 nitrogen and oxygen atoms in total. The van der Waals surface area contributed by atoms with Gasteiger partial charge in [0.1, 0.15) is 11.6 Å². The van der Waals surface area contributed by atoms with E-state index in [2.05, 4.69) is 46.9 Å². The molecule has 2 atom stereocenters. The molecule has 0 N–H and O–H groups in total. The topological polar surface area (TPSA) is 51.4 Å². The quantitative estimate of drug-likeness (QED) is 0.404. The second kappa shape index (κ2) is 8.45. The van der Waals surface area contributed by atoms with Crippen molar-refractivity contribution in [1.82, 2.24) is 20.2 Å². The van der Waals surface area contributed by atoms with Gasteiger partial charge in [-0.2, -0.15) is 9.13 Å². The maximum atomic E-state index is 15.2. The van der Waals surface area contributed by atoms with Crippen LogP contribution in [0.4, 0.5) is 8.78 Å². The van der Waals surface area contributed by atoms with Crippen LogP contribution in [0.15, 0.2) is 67.0 Å². The Kier molecular flexibility index (Phi) is 5.54. The van der Waals surface area contributed by atoms with Gasteiger partial charge in [-0.05, 0) is 47.5 Å². The molecule has 2 unspecified atom stereocenters. The van der Waals surface area contributed by atoms with E-state index >= 15 is 4.39 Å². The maximum Gasteiger partial charge on any atom is 0.257 e. The van der Waals surface area contributed by atoms with Gasteiger partial charge in [-0.1, -0.05) is 13.8 Å². The summed E-state index contributed by atoms with van der Waals surface area (Å²) in [5.41, 5.74) is 1.53. The van der Waals surface area contributed by atoms with Gasteiger partial charge in [0.25, 0.3) is 5.69 Å². The Morgan fingerprint density at radius 3 is 2.43 bits per heavy atom. The van der Waals surface area contributed by atoms with Gasteiger partial charge in [0.15, 0.2) is 18.6 Å². The summed E-state index contributed by atoms with van der Waals surface area (Å²) in [6.07, 6.45) is 9.49. The molecule has 4 aromatic rings. The van der Waals surface area contributed by atoms with Gasteiger partial charge in [-0.3, -0.25) is 0 Å². The third-order valence-corrected chi connectivity index (χ3v) is 7.65. The van der Waals surface area contributed by atoms with Crippen LogP contribution in [-0.2, 0) is 18.0 Å². The number of rotatable bonds is 5. The first-order valence-electron chi connectivity index (χ1n) is 11.8. The number of allylic oxidation sites excluding steroid dienone is 1. The van der Waals surface area contributed by atoms with Crippen molar-refractivity contribution in [1.29, 1.82) is 0 Å². The molecule has 1 aliphatic heterocycles. The van der Waals surface area contributed by atoms with E-state index in [-0.39, 0.29) is 0 Å². The second-order valence-corrected chi connectivity index (χ2v) is 9.16. The van der Waals surface area contributed by atoms with Crippen LogP contribution in [0.1, 0.15) is 39.2 Å². The number of aromatic nitrogens is 6. The van der Waals surface area contributed by atoms with Crippen LogP contribution in [0.2, 0.25) is 0 Å². The average molecular weight is 475 g/mol. The van der Waals surface area contributed by atoms with Crippen LogP contribution < -0.4 is 9.13 Å². The molecule has 0 amide bonds. The summed E-state index contributed by atoms with van der Waals surface area (Å²) in [5, 5.41) is 11.9. The first-order chi connectivity index (χ1) is 16.9. The van der Waals surface area contributed by atoms with Crippen molar-refractivity contribution in [3.05, 3.63) is 84.2 Å². The number of aryl methyl sites for hydroxylation is 1. The van der Waals surface area contributed by atoms with Crippen molar-refractivity contribution in [2.75, 3.05) is 0 Å². The first-order valence-corrected chi connectivity index (χ1v) is 11.8. The average Bonchev–Trinajstić information content (AvgIpc) is 3.29. The van der Waals surface area contributed by atoms with E-state index in [0.29, 0.717) is 29.8 Å². The van der Waals surface area contributed by atoms with Crippen LogP contribution in [0.25, 0.3) is 29.0 Å². The van der Waals surface area contributed by atoms with Crippen molar-refractivity contribution in [3.8, 4) is 22.8 Å². The van der Waals surface area contributed by atoms with E-state index in [0.717, 1.165) is 17.5 Å². The predicted molar refractivity (Wildman–Crippen MR) is 128 cm³/mol. The summed E-state index contributed by atoms with van der Waals surface area (Å²) < 4.78 is 35.6. The number of fused-ring (bicyclic) bond motifs is 3. The molecule has 5 rings (SSSR count). The monoisotopic (exact) mass is 474 g/mol. The molecule has 35 heavy (non-hydrogen) atoms. The number of tetrazole rings is 1. The molecule has 8 heteroatoms. The predicted octanol–water partition coefficient (Wildman–Crippen LogP) is 4.35. The molecular formula is C27H28F2N6+2. The molecule has 3 aromatic heterocycles. The summed E-state index contributed by atoms with van der Waals surface area (Å²) >= 11 is 0. The highest BCUT2D eigenvalue weighted by molar-refractivity contribution is 5.67. The fourth-order valence-electron chi connectivity index (χ4n) is 5.63. The SMILES string of the molecule is CCC1(C)c2cc(F)cc(F)c2-c2cccc[n+]2C1(C=C[n+]1ccccc1-c1nnnn1C)CC. The van der Waals surface area contributed by atoms with Gasteiger partial charge in [0, 0.05) is 43.8 Å². The number of halogens is 2. The minimum Gasteiger partial charge on any atom is -0.223 e. The van der Waals surface area contributed by atoms with Crippen molar-refractivity contribution >= 4 is 6.20 Å². The van der Waals surface area contributed by atoms with Crippen molar-refractivity contribution in [3.63, 3.8) is 0 Å². The van der Waals surface area contributed by atoms with E-state index in [9.17, 15) is 4.39 Å². The van der Waals surface area contributed by atoms with Crippen LogP contribution in [-0.4, -0.2) is 20.2 Å². The highest BCUT2D eigenvalue weighted by Crippen LogP contribution is 2.51. The Bertz CT molecular complexity index is 1450. The van der Waals surface area contributed by atoms with Crippen LogP contribution in [0.3, 0.4) is 0 Å². The number of benzene rings is 1. The zero-order valence-corrected chi connectivity index (χ0v) is 20.3. The van der Waals surface area contributed by atoms with Crippen molar-refractivity contribution < 1.29 is 17.9 Å².